The molecule has 5 aromatic rings. The summed E-state index contributed by atoms with van der Waals surface area (Å²) in [7, 11) is 0. The summed E-state index contributed by atoms with van der Waals surface area (Å²) in [6, 6.07) is 23.7. The number of benzene rings is 2. The third-order valence-electron chi connectivity index (χ3n) is 5.18. The Hall–Kier alpha value is -3.71. The Bertz CT molecular complexity index is 1460. The van der Waals surface area contributed by atoms with E-state index in [4.69, 9.17) is 0 Å². The number of rotatable bonds is 5. The summed E-state index contributed by atoms with van der Waals surface area (Å²) in [6.45, 7) is 4.05. The normalized spacial score (nSPS) is 11.2. The van der Waals surface area contributed by atoms with Gasteiger partial charge in [-0.1, -0.05) is 59.8 Å². The molecule has 0 saturated carbocycles. The lowest BCUT2D eigenvalue weighted by atomic mass is 10.2. The van der Waals surface area contributed by atoms with E-state index in [1.807, 2.05) is 49.4 Å². The summed E-state index contributed by atoms with van der Waals surface area (Å²) in [4.78, 5) is 17.2. The Balaban J connectivity index is 1.53. The van der Waals surface area contributed by atoms with Crippen LogP contribution in [0.2, 0.25) is 0 Å². The lowest BCUT2D eigenvalue weighted by Crippen LogP contribution is -2.15. The van der Waals surface area contributed by atoms with Crippen LogP contribution in [0, 0.1) is 13.8 Å². The van der Waals surface area contributed by atoms with Gasteiger partial charge in [0.2, 0.25) is 0 Å². The van der Waals surface area contributed by atoms with Crippen molar-refractivity contribution in [1.29, 1.82) is 0 Å². The molecule has 0 radical (unpaired) electrons. The standard InChI is InChI=1S/C25H21N5OS/c1-17-8-10-21(11-9-17)30-24(19-6-4-3-5-7-19)27-28-25(30)32-16-20-15-23(31)29-13-12-18(2)14-22(29)26-20/h3-15H,16H2,1-2H3. The lowest BCUT2D eigenvalue weighted by Gasteiger charge is -2.11. The average Bonchev–Trinajstić information content (AvgIpc) is 3.22. The van der Waals surface area contributed by atoms with Crippen molar-refractivity contribution in [1.82, 2.24) is 24.1 Å². The first-order chi connectivity index (χ1) is 15.6. The maximum atomic E-state index is 12.5. The first-order valence-corrected chi connectivity index (χ1v) is 11.3. The third-order valence-corrected chi connectivity index (χ3v) is 6.14. The number of aromatic nitrogens is 5. The van der Waals surface area contributed by atoms with E-state index in [-0.39, 0.29) is 5.56 Å². The Morgan fingerprint density at radius 1 is 0.875 bits per heavy atom. The van der Waals surface area contributed by atoms with Crippen molar-refractivity contribution in [3.05, 3.63) is 106 Å². The number of nitrogens with zero attached hydrogens (tertiary/aromatic N) is 5. The summed E-state index contributed by atoms with van der Waals surface area (Å²) in [5.74, 6) is 1.29. The quantitative estimate of drug-likeness (QED) is 0.366. The van der Waals surface area contributed by atoms with E-state index in [9.17, 15) is 4.79 Å². The van der Waals surface area contributed by atoms with Gasteiger partial charge in [-0.2, -0.15) is 0 Å². The molecule has 5 rings (SSSR count). The maximum absolute atomic E-state index is 12.5. The first-order valence-electron chi connectivity index (χ1n) is 10.3. The minimum absolute atomic E-state index is 0.0874. The minimum atomic E-state index is -0.0874. The first kappa shape index (κ1) is 20.2. The third kappa shape index (κ3) is 3.94. The molecule has 158 valence electrons. The minimum Gasteiger partial charge on any atom is -0.270 e. The van der Waals surface area contributed by atoms with Crippen LogP contribution in [0.3, 0.4) is 0 Å². The van der Waals surface area contributed by atoms with E-state index in [0.717, 1.165) is 27.8 Å². The van der Waals surface area contributed by atoms with E-state index < -0.39 is 0 Å². The number of fused-ring (bicyclic) bond motifs is 1. The largest absolute Gasteiger partial charge is 0.270 e. The monoisotopic (exact) mass is 439 g/mol. The van der Waals surface area contributed by atoms with Gasteiger partial charge >= 0.3 is 0 Å². The van der Waals surface area contributed by atoms with Crippen LogP contribution in [0.4, 0.5) is 0 Å². The summed E-state index contributed by atoms with van der Waals surface area (Å²) >= 11 is 1.51. The molecule has 2 aromatic carbocycles. The van der Waals surface area contributed by atoms with Gasteiger partial charge in [-0.05, 0) is 43.7 Å². The lowest BCUT2D eigenvalue weighted by molar-refractivity contribution is 0.884. The second-order valence-electron chi connectivity index (χ2n) is 7.65. The van der Waals surface area contributed by atoms with Crippen LogP contribution in [-0.2, 0) is 5.75 Å². The summed E-state index contributed by atoms with van der Waals surface area (Å²) in [5.41, 5.74) is 5.51. The van der Waals surface area contributed by atoms with Crippen molar-refractivity contribution >= 4 is 17.4 Å². The van der Waals surface area contributed by atoms with Gasteiger partial charge in [0.05, 0.1) is 5.69 Å². The molecule has 0 aliphatic heterocycles. The molecule has 0 atom stereocenters. The van der Waals surface area contributed by atoms with Crippen LogP contribution in [-0.4, -0.2) is 24.1 Å². The van der Waals surface area contributed by atoms with Crippen molar-refractivity contribution in [2.75, 3.05) is 0 Å². The van der Waals surface area contributed by atoms with Crippen LogP contribution in [0.1, 0.15) is 16.8 Å². The Morgan fingerprint density at radius 2 is 1.66 bits per heavy atom. The molecule has 3 heterocycles. The molecule has 6 nitrogen and oxygen atoms in total. The fraction of sp³-hybridized carbons (Fsp3) is 0.120. The zero-order chi connectivity index (χ0) is 22.1. The highest BCUT2D eigenvalue weighted by Crippen LogP contribution is 2.29. The van der Waals surface area contributed by atoms with Gasteiger partial charge in [0.1, 0.15) is 5.65 Å². The number of thioether (sulfide) groups is 1. The van der Waals surface area contributed by atoms with Crippen LogP contribution in [0.5, 0.6) is 0 Å². The molecular formula is C25H21N5OS. The topological polar surface area (TPSA) is 65.1 Å². The summed E-state index contributed by atoms with van der Waals surface area (Å²) in [6.07, 6.45) is 1.76. The second kappa shape index (κ2) is 8.43. The van der Waals surface area contributed by atoms with Gasteiger partial charge in [-0.3, -0.25) is 13.8 Å². The van der Waals surface area contributed by atoms with Gasteiger partial charge in [0.25, 0.3) is 5.56 Å². The predicted molar refractivity (Wildman–Crippen MR) is 127 cm³/mol. The molecule has 0 saturated heterocycles. The van der Waals surface area contributed by atoms with Crippen molar-refractivity contribution in [2.24, 2.45) is 0 Å². The fourth-order valence-electron chi connectivity index (χ4n) is 3.53. The number of aryl methyl sites for hydroxylation is 2. The highest BCUT2D eigenvalue weighted by molar-refractivity contribution is 7.98. The van der Waals surface area contributed by atoms with E-state index in [2.05, 4.69) is 50.9 Å². The molecule has 32 heavy (non-hydrogen) atoms. The van der Waals surface area contributed by atoms with Gasteiger partial charge < -0.3 is 0 Å². The van der Waals surface area contributed by atoms with Crippen LogP contribution in [0.25, 0.3) is 22.7 Å². The number of hydrogen-bond acceptors (Lipinski definition) is 5. The van der Waals surface area contributed by atoms with Crippen LogP contribution < -0.4 is 5.56 Å². The highest BCUT2D eigenvalue weighted by atomic mass is 32.2. The van der Waals surface area contributed by atoms with Crippen molar-refractivity contribution in [2.45, 2.75) is 24.8 Å². The Labute approximate surface area is 189 Å². The van der Waals surface area contributed by atoms with Crippen LogP contribution in [0.15, 0.2) is 88.9 Å². The van der Waals surface area contributed by atoms with Gasteiger partial charge in [-0.15, -0.1) is 10.2 Å². The molecule has 7 heteroatoms. The van der Waals surface area contributed by atoms with E-state index in [1.165, 1.54) is 17.3 Å². The zero-order valence-electron chi connectivity index (χ0n) is 17.8. The van der Waals surface area contributed by atoms with Gasteiger partial charge in [-0.25, -0.2) is 4.98 Å². The molecule has 0 amide bonds. The Morgan fingerprint density at radius 3 is 2.44 bits per heavy atom. The molecule has 0 fully saturated rings. The van der Waals surface area contributed by atoms with E-state index >= 15 is 0 Å². The molecule has 0 aliphatic rings. The molecule has 0 aliphatic carbocycles. The molecule has 0 N–H and O–H groups in total. The SMILES string of the molecule is Cc1ccc(-n2c(SCc3cc(=O)n4ccc(C)cc4n3)nnc2-c2ccccc2)cc1. The summed E-state index contributed by atoms with van der Waals surface area (Å²) < 4.78 is 3.61. The van der Waals surface area contributed by atoms with E-state index in [0.29, 0.717) is 17.1 Å². The van der Waals surface area contributed by atoms with Gasteiger partial charge in [0, 0.05) is 29.3 Å². The Kier molecular flexibility index (Phi) is 5.33. The molecular weight excluding hydrogens is 418 g/mol. The maximum Gasteiger partial charge on any atom is 0.258 e. The summed E-state index contributed by atoms with van der Waals surface area (Å²) in [5, 5.41) is 9.70. The second-order valence-corrected chi connectivity index (χ2v) is 8.59. The predicted octanol–water partition coefficient (Wildman–Crippen LogP) is 4.85. The van der Waals surface area contributed by atoms with Crippen molar-refractivity contribution < 1.29 is 0 Å². The molecule has 0 bridgehead atoms. The van der Waals surface area contributed by atoms with Crippen LogP contribution >= 0.6 is 11.8 Å². The fourth-order valence-corrected chi connectivity index (χ4v) is 4.37. The molecule has 0 spiro atoms. The van der Waals surface area contributed by atoms with Gasteiger partial charge in [0.15, 0.2) is 11.0 Å². The molecule has 3 aromatic heterocycles. The van der Waals surface area contributed by atoms with Crippen molar-refractivity contribution in [3.8, 4) is 17.1 Å². The highest BCUT2D eigenvalue weighted by Gasteiger charge is 2.16. The number of pyridine rings is 1. The zero-order valence-corrected chi connectivity index (χ0v) is 18.6. The smallest absolute Gasteiger partial charge is 0.258 e. The molecule has 0 unspecified atom stereocenters. The number of hydrogen-bond donors (Lipinski definition) is 0. The van der Waals surface area contributed by atoms with E-state index in [1.54, 1.807) is 16.7 Å². The average molecular weight is 440 g/mol. The van der Waals surface area contributed by atoms with Crippen molar-refractivity contribution in [3.63, 3.8) is 0 Å².